The van der Waals surface area contributed by atoms with Gasteiger partial charge in [0.1, 0.15) is 6.29 Å². The molecule has 0 atom stereocenters. The van der Waals surface area contributed by atoms with Gasteiger partial charge in [0.25, 0.3) is 0 Å². The fourth-order valence-corrected chi connectivity index (χ4v) is 0.918. The van der Waals surface area contributed by atoms with Crippen molar-refractivity contribution in [1.29, 1.82) is 0 Å². The molecule has 0 radical (unpaired) electrons. The Kier molecular flexibility index (Phi) is 6.83. The van der Waals surface area contributed by atoms with Gasteiger partial charge in [-0.2, -0.15) is 0 Å². The largest absolute Gasteiger partial charge is 0.316 e. The maximum Gasteiger partial charge on any atom is 0.150 e. The van der Waals surface area contributed by atoms with E-state index in [0.717, 1.165) is 18.4 Å². The Morgan fingerprint density at radius 2 is 1.77 bits per heavy atom. The summed E-state index contributed by atoms with van der Waals surface area (Å²) in [5.74, 6) is 0. The quantitative estimate of drug-likeness (QED) is 0.721. The van der Waals surface area contributed by atoms with Gasteiger partial charge in [0, 0.05) is 12.1 Å². The lowest BCUT2D eigenvalue weighted by Gasteiger charge is -1.98. The van der Waals surface area contributed by atoms with Crippen molar-refractivity contribution in [1.82, 2.24) is 5.32 Å². The molecule has 0 saturated heterocycles. The highest BCUT2D eigenvalue weighted by atomic mass is 16.1. The van der Waals surface area contributed by atoms with E-state index in [1.165, 1.54) is 5.56 Å². The van der Waals surface area contributed by atoms with Crippen LogP contribution in [0.2, 0.25) is 0 Å². The molecule has 2 heteroatoms. The van der Waals surface area contributed by atoms with Crippen molar-refractivity contribution in [3.8, 4) is 0 Å². The first-order valence-electron chi connectivity index (χ1n) is 4.55. The summed E-state index contributed by atoms with van der Waals surface area (Å²) in [5.41, 5.74) is 1.92. The monoisotopic (exact) mass is 179 g/mol. The van der Waals surface area contributed by atoms with Crippen molar-refractivity contribution in [2.45, 2.75) is 20.4 Å². The van der Waals surface area contributed by atoms with Crippen LogP contribution in [-0.2, 0) is 6.54 Å². The molecule has 1 N–H and O–H groups in total. The van der Waals surface area contributed by atoms with Gasteiger partial charge in [0.2, 0.25) is 0 Å². The summed E-state index contributed by atoms with van der Waals surface area (Å²) in [5, 5.41) is 3.03. The van der Waals surface area contributed by atoms with Gasteiger partial charge in [-0.25, -0.2) is 0 Å². The fourth-order valence-electron chi connectivity index (χ4n) is 0.918. The summed E-state index contributed by atoms with van der Waals surface area (Å²) < 4.78 is 0. The minimum atomic E-state index is 0.727. The van der Waals surface area contributed by atoms with Gasteiger partial charge in [-0.1, -0.05) is 38.1 Å². The van der Waals surface area contributed by atoms with Crippen LogP contribution in [0.25, 0.3) is 0 Å². The number of nitrogens with one attached hydrogen (secondary N) is 1. The Hall–Kier alpha value is -1.15. The molecule has 1 aromatic carbocycles. The molecule has 0 spiro atoms. The average molecular weight is 179 g/mol. The van der Waals surface area contributed by atoms with Gasteiger partial charge < -0.3 is 5.32 Å². The summed E-state index contributed by atoms with van der Waals surface area (Å²) in [7, 11) is 1.90. The lowest BCUT2D eigenvalue weighted by atomic mass is 10.1. The zero-order chi connectivity index (χ0) is 10.1. The molecule has 0 aromatic heterocycles. The van der Waals surface area contributed by atoms with Crippen LogP contribution in [0.4, 0.5) is 0 Å². The third kappa shape index (κ3) is 4.43. The van der Waals surface area contributed by atoms with Gasteiger partial charge in [0.15, 0.2) is 0 Å². The molecule has 0 unspecified atom stereocenters. The highest BCUT2D eigenvalue weighted by molar-refractivity contribution is 5.74. The van der Waals surface area contributed by atoms with Crippen LogP contribution in [0, 0.1) is 0 Å². The van der Waals surface area contributed by atoms with Crippen LogP contribution in [0.15, 0.2) is 24.3 Å². The zero-order valence-corrected chi connectivity index (χ0v) is 8.50. The molecule has 72 valence electrons. The minimum absolute atomic E-state index is 0.727. The first kappa shape index (κ1) is 11.8. The van der Waals surface area contributed by atoms with E-state index in [-0.39, 0.29) is 0 Å². The predicted octanol–water partition coefficient (Wildman–Crippen LogP) is 2.24. The molecular weight excluding hydrogens is 162 g/mol. The average Bonchev–Trinajstić information content (AvgIpc) is 2.23. The number of rotatable bonds is 3. The molecule has 0 saturated carbocycles. The first-order valence-corrected chi connectivity index (χ1v) is 4.55. The molecule has 0 fully saturated rings. The van der Waals surface area contributed by atoms with Gasteiger partial charge in [-0.3, -0.25) is 4.79 Å². The Morgan fingerprint density at radius 1 is 1.23 bits per heavy atom. The SMILES string of the molecule is CC.CNCc1ccc(C=O)cc1. The van der Waals surface area contributed by atoms with Crippen LogP contribution < -0.4 is 5.32 Å². The highest BCUT2D eigenvalue weighted by Gasteiger charge is 1.90. The Morgan fingerprint density at radius 3 is 2.15 bits per heavy atom. The maximum atomic E-state index is 10.3. The van der Waals surface area contributed by atoms with Crippen LogP contribution in [0.1, 0.15) is 29.8 Å². The topological polar surface area (TPSA) is 29.1 Å². The zero-order valence-electron chi connectivity index (χ0n) is 8.50. The number of aldehydes is 1. The molecule has 0 amide bonds. The Balaban J connectivity index is 0.000000671. The second-order valence-corrected chi connectivity index (χ2v) is 2.39. The van der Waals surface area contributed by atoms with E-state index in [1.54, 1.807) is 0 Å². The molecule has 1 rings (SSSR count). The van der Waals surface area contributed by atoms with Crippen molar-refractivity contribution in [3.63, 3.8) is 0 Å². The van der Waals surface area contributed by atoms with Crippen LogP contribution in [0.3, 0.4) is 0 Å². The van der Waals surface area contributed by atoms with Gasteiger partial charge in [0.05, 0.1) is 0 Å². The minimum Gasteiger partial charge on any atom is -0.316 e. The summed E-state index contributed by atoms with van der Waals surface area (Å²) >= 11 is 0. The van der Waals surface area contributed by atoms with E-state index in [2.05, 4.69) is 5.32 Å². The van der Waals surface area contributed by atoms with Crippen molar-refractivity contribution in [3.05, 3.63) is 35.4 Å². The molecular formula is C11H17NO. The van der Waals surface area contributed by atoms with E-state index in [9.17, 15) is 4.79 Å². The van der Waals surface area contributed by atoms with E-state index >= 15 is 0 Å². The number of carbonyl (C=O) groups excluding carboxylic acids is 1. The Labute approximate surface area is 80.0 Å². The smallest absolute Gasteiger partial charge is 0.150 e. The second-order valence-electron chi connectivity index (χ2n) is 2.39. The van der Waals surface area contributed by atoms with E-state index in [1.807, 2.05) is 45.2 Å². The van der Waals surface area contributed by atoms with E-state index in [0.29, 0.717) is 0 Å². The number of carbonyl (C=O) groups is 1. The molecule has 0 aliphatic heterocycles. The van der Waals surface area contributed by atoms with E-state index in [4.69, 9.17) is 0 Å². The third-order valence-electron chi connectivity index (χ3n) is 1.50. The molecule has 0 bridgehead atoms. The van der Waals surface area contributed by atoms with Crippen LogP contribution in [0.5, 0.6) is 0 Å². The Bertz CT molecular complexity index is 228. The van der Waals surface area contributed by atoms with Gasteiger partial charge in [-0.05, 0) is 12.6 Å². The summed E-state index contributed by atoms with van der Waals surface area (Å²) in [6.07, 6.45) is 0.850. The van der Waals surface area contributed by atoms with Crippen LogP contribution >= 0.6 is 0 Å². The lowest BCUT2D eigenvalue weighted by Crippen LogP contribution is -2.04. The number of hydrogen-bond donors (Lipinski definition) is 1. The maximum absolute atomic E-state index is 10.3. The van der Waals surface area contributed by atoms with Crippen molar-refractivity contribution in [2.75, 3.05) is 7.05 Å². The molecule has 2 nitrogen and oxygen atoms in total. The summed E-state index contributed by atoms with van der Waals surface area (Å²) in [4.78, 5) is 10.3. The first-order chi connectivity index (χ1) is 6.36. The van der Waals surface area contributed by atoms with Crippen molar-refractivity contribution >= 4 is 6.29 Å². The molecule has 1 aromatic rings. The number of benzene rings is 1. The van der Waals surface area contributed by atoms with Crippen molar-refractivity contribution < 1.29 is 4.79 Å². The molecule has 0 aliphatic rings. The summed E-state index contributed by atoms with van der Waals surface area (Å²) in [6, 6.07) is 7.53. The third-order valence-corrected chi connectivity index (χ3v) is 1.50. The van der Waals surface area contributed by atoms with Gasteiger partial charge >= 0.3 is 0 Å². The molecule has 13 heavy (non-hydrogen) atoms. The predicted molar refractivity (Wildman–Crippen MR) is 55.9 cm³/mol. The van der Waals surface area contributed by atoms with Gasteiger partial charge in [-0.15, -0.1) is 0 Å². The van der Waals surface area contributed by atoms with E-state index < -0.39 is 0 Å². The molecule has 0 heterocycles. The molecule has 0 aliphatic carbocycles. The van der Waals surface area contributed by atoms with Crippen molar-refractivity contribution in [2.24, 2.45) is 0 Å². The summed E-state index contributed by atoms with van der Waals surface area (Å²) in [6.45, 7) is 4.85. The highest BCUT2D eigenvalue weighted by Crippen LogP contribution is 2.01. The normalized spacial score (nSPS) is 8.54. The second kappa shape index (κ2) is 7.50. The number of hydrogen-bond acceptors (Lipinski definition) is 2. The fraction of sp³-hybridized carbons (Fsp3) is 0.364. The standard InChI is InChI=1S/C9H11NO.C2H6/c1-10-6-8-2-4-9(7-11)5-3-8;1-2/h2-5,7,10H,6H2,1H3;1-2H3. The lowest BCUT2D eigenvalue weighted by molar-refractivity contribution is 0.112. The van der Waals surface area contributed by atoms with Crippen LogP contribution in [-0.4, -0.2) is 13.3 Å².